The number of halogens is 1. The molecule has 0 bridgehead atoms. The zero-order chi connectivity index (χ0) is 22.5. The summed E-state index contributed by atoms with van der Waals surface area (Å²) in [6.07, 6.45) is -0.279. The quantitative estimate of drug-likeness (QED) is 0.552. The van der Waals surface area contributed by atoms with E-state index in [1.54, 1.807) is 19.1 Å². The van der Waals surface area contributed by atoms with Gasteiger partial charge in [0.2, 0.25) is 11.8 Å². The lowest BCUT2D eigenvalue weighted by Crippen LogP contribution is -2.52. The molecule has 0 spiro atoms. The standard InChI is InChI=1S/C22H26FN3O4/c1-15(21(28)24-22(2,3)4)25(14-17-10-5-7-11-18(17)23)20(27)13-16-9-6-8-12-19(16)26(29)30/h5-12,15H,13-14H2,1-4H3,(H,24,28)/t15-/m1/s1. The van der Waals surface area contributed by atoms with Crippen LogP contribution in [-0.2, 0) is 22.6 Å². The van der Waals surface area contributed by atoms with Crippen LogP contribution in [0.2, 0.25) is 0 Å². The predicted molar refractivity (Wildman–Crippen MR) is 111 cm³/mol. The van der Waals surface area contributed by atoms with Gasteiger partial charge >= 0.3 is 0 Å². The summed E-state index contributed by atoms with van der Waals surface area (Å²) in [4.78, 5) is 37.8. The predicted octanol–water partition coefficient (Wildman–Crippen LogP) is 3.61. The van der Waals surface area contributed by atoms with Gasteiger partial charge < -0.3 is 10.2 Å². The second-order valence-corrected chi connectivity index (χ2v) is 8.09. The summed E-state index contributed by atoms with van der Waals surface area (Å²) in [6.45, 7) is 6.86. The Morgan fingerprint density at radius 2 is 1.67 bits per heavy atom. The van der Waals surface area contributed by atoms with Gasteiger partial charge in [-0.05, 0) is 33.8 Å². The summed E-state index contributed by atoms with van der Waals surface area (Å²) >= 11 is 0. The summed E-state index contributed by atoms with van der Waals surface area (Å²) < 4.78 is 14.2. The number of hydrogen-bond donors (Lipinski definition) is 1. The molecule has 0 aromatic heterocycles. The number of benzene rings is 2. The third-order valence-electron chi connectivity index (χ3n) is 4.49. The molecule has 2 rings (SSSR count). The van der Waals surface area contributed by atoms with Gasteiger partial charge in [0, 0.05) is 29.3 Å². The van der Waals surface area contributed by atoms with E-state index in [0.29, 0.717) is 0 Å². The number of nitro groups is 1. The van der Waals surface area contributed by atoms with Crippen LogP contribution in [0.3, 0.4) is 0 Å². The van der Waals surface area contributed by atoms with Crippen LogP contribution in [0.5, 0.6) is 0 Å². The van der Waals surface area contributed by atoms with E-state index in [-0.39, 0.29) is 29.8 Å². The SMILES string of the molecule is C[C@H](C(=O)NC(C)(C)C)N(Cc1ccccc1F)C(=O)Cc1ccccc1[N+](=O)[O-]. The van der Waals surface area contributed by atoms with Crippen molar-refractivity contribution in [2.24, 2.45) is 0 Å². The Morgan fingerprint density at radius 1 is 1.10 bits per heavy atom. The maximum Gasteiger partial charge on any atom is 0.273 e. The fourth-order valence-electron chi connectivity index (χ4n) is 2.97. The normalized spacial score (nSPS) is 12.2. The van der Waals surface area contributed by atoms with Crippen LogP contribution < -0.4 is 5.32 Å². The molecule has 8 heteroatoms. The molecular weight excluding hydrogens is 389 g/mol. The number of nitro benzene ring substituents is 1. The Balaban J connectivity index is 2.35. The van der Waals surface area contributed by atoms with E-state index in [1.807, 2.05) is 20.8 Å². The maximum atomic E-state index is 14.2. The summed E-state index contributed by atoms with van der Waals surface area (Å²) in [6, 6.07) is 11.0. The number of hydrogen-bond acceptors (Lipinski definition) is 4. The van der Waals surface area contributed by atoms with Gasteiger partial charge in [-0.2, -0.15) is 0 Å². The fraction of sp³-hybridized carbons (Fsp3) is 0.364. The molecule has 2 aromatic carbocycles. The monoisotopic (exact) mass is 415 g/mol. The van der Waals surface area contributed by atoms with Crippen LogP contribution >= 0.6 is 0 Å². The average Bonchev–Trinajstić information content (AvgIpc) is 2.65. The number of para-hydroxylation sites is 1. The van der Waals surface area contributed by atoms with Crippen molar-refractivity contribution in [1.29, 1.82) is 0 Å². The van der Waals surface area contributed by atoms with Gasteiger partial charge in [-0.3, -0.25) is 19.7 Å². The smallest absolute Gasteiger partial charge is 0.273 e. The van der Waals surface area contributed by atoms with Crippen LogP contribution in [0.4, 0.5) is 10.1 Å². The van der Waals surface area contributed by atoms with Crippen molar-refractivity contribution in [2.75, 3.05) is 0 Å². The zero-order valence-corrected chi connectivity index (χ0v) is 17.5. The molecule has 0 aliphatic heterocycles. The Hall–Kier alpha value is -3.29. The second kappa shape index (κ2) is 9.47. The van der Waals surface area contributed by atoms with E-state index in [0.717, 1.165) is 0 Å². The highest BCUT2D eigenvalue weighted by atomic mass is 19.1. The molecule has 160 valence electrons. The first-order valence-electron chi connectivity index (χ1n) is 9.57. The molecule has 7 nitrogen and oxygen atoms in total. The molecule has 0 aliphatic rings. The third-order valence-corrected chi connectivity index (χ3v) is 4.49. The number of rotatable bonds is 7. The first-order valence-corrected chi connectivity index (χ1v) is 9.57. The molecule has 0 saturated carbocycles. The van der Waals surface area contributed by atoms with Crippen LogP contribution in [0.1, 0.15) is 38.8 Å². The first-order chi connectivity index (χ1) is 14.0. The van der Waals surface area contributed by atoms with Gasteiger partial charge in [-0.15, -0.1) is 0 Å². The minimum absolute atomic E-state index is 0.134. The van der Waals surface area contributed by atoms with E-state index in [2.05, 4.69) is 5.32 Å². The van der Waals surface area contributed by atoms with E-state index >= 15 is 0 Å². The highest BCUT2D eigenvalue weighted by Crippen LogP contribution is 2.21. The maximum absolute atomic E-state index is 14.2. The lowest BCUT2D eigenvalue weighted by atomic mass is 10.1. The van der Waals surface area contributed by atoms with E-state index in [9.17, 15) is 24.1 Å². The van der Waals surface area contributed by atoms with Gasteiger partial charge in [0.25, 0.3) is 5.69 Å². The number of amides is 2. The number of carbonyl (C=O) groups is 2. The molecule has 0 saturated heterocycles. The van der Waals surface area contributed by atoms with Crippen molar-refractivity contribution in [3.8, 4) is 0 Å². The van der Waals surface area contributed by atoms with Crippen LogP contribution in [0.15, 0.2) is 48.5 Å². The minimum atomic E-state index is -0.904. The fourth-order valence-corrected chi connectivity index (χ4v) is 2.97. The Kier molecular flexibility index (Phi) is 7.26. The van der Waals surface area contributed by atoms with Crippen molar-refractivity contribution >= 4 is 17.5 Å². The molecule has 2 amide bonds. The van der Waals surface area contributed by atoms with Gasteiger partial charge in [-0.25, -0.2) is 4.39 Å². The topological polar surface area (TPSA) is 92.6 Å². The molecule has 0 heterocycles. The molecule has 30 heavy (non-hydrogen) atoms. The van der Waals surface area contributed by atoms with Gasteiger partial charge in [0.1, 0.15) is 11.9 Å². The molecule has 0 unspecified atom stereocenters. The van der Waals surface area contributed by atoms with E-state index in [4.69, 9.17) is 0 Å². The Bertz CT molecular complexity index is 940. The number of nitrogens with zero attached hydrogens (tertiary/aromatic N) is 2. The van der Waals surface area contributed by atoms with E-state index < -0.39 is 34.1 Å². The summed E-state index contributed by atoms with van der Waals surface area (Å²) in [5, 5.41) is 14.1. The Morgan fingerprint density at radius 3 is 2.23 bits per heavy atom. The highest BCUT2D eigenvalue weighted by Gasteiger charge is 2.30. The average molecular weight is 415 g/mol. The van der Waals surface area contributed by atoms with Gasteiger partial charge in [-0.1, -0.05) is 36.4 Å². The lowest BCUT2D eigenvalue weighted by molar-refractivity contribution is -0.385. The summed E-state index contributed by atoms with van der Waals surface area (Å²) in [5.74, 6) is -1.40. The molecule has 1 atom stereocenters. The third kappa shape index (κ3) is 6.10. The minimum Gasteiger partial charge on any atom is -0.350 e. The molecule has 2 aromatic rings. The van der Waals surface area contributed by atoms with Crippen LogP contribution in [-0.4, -0.2) is 33.2 Å². The van der Waals surface area contributed by atoms with Gasteiger partial charge in [0.05, 0.1) is 11.3 Å². The molecule has 0 radical (unpaired) electrons. The zero-order valence-electron chi connectivity index (χ0n) is 17.5. The van der Waals surface area contributed by atoms with Crippen molar-refractivity contribution < 1.29 is 18.9 Å². The second-order valence-electron chi connectivity index (χ2n) is 8.09. The summed E-state index contributed by atoms with van der Waals surface area (Å²) in [7, 11) is 0. The van der Waals surface area contributed by atoms with Crippen molar-refractivity contribution in [2.45, 2.75) is 52.2 Å². The summed E-state index contributed by atoms with van der Waals surface area (Å²) in [5.41, 5.74) is -0.210. The molecule has 0 fully saturated rings. The molecule has 1 N–H and O–H groups in total. The van der Waals surface area contributed by atoms with Crippen molar-refractivity contribution in [3.63, 3.8) is 0 Å². The van der Waals surface area contributed by atoms with Crippen LogP contribution in [0.25, 0.3) is 0 Å². The first kappa shape index (κ1) is 23.0. The van der Waals surface area contributed by atoms with E-state index in [1.165, 1.54) is 41.3 Å². The van der Waals surface area contributed by atoms with Crippen molar-refractivity contribution in [1.82, 2.24) is 10.2 Å². The highest BCUT2D eigenvalue weighted by molar-refractivity contribution is 5.88. The lowest BCUT2D eigenvalue weighted by Gasteiger charge is -2.31. The largest absolute Gasteiger partial charge is 0.350 e. The Labute approximate surface area is 175 Å². The molecule has 0 aliphatic carbocycles. The van der Waals surface area contributed by atoms with Crippen molar-refractivity contribution in [3.05, 3.63) is 75.6 Å². The molecular formula is C22H26FN3O4. The number of carbonyl (C=O) groups excluding carboxylic acids is 2. The van der Waals surface area contributed by atoms with Crippen LogP contribution in [0, 0.1) is 15.9 Å². The van der Waals surface area contributed by atoms with Gasteiger partial charge in [0.15, 0.2) is 0 Å². The number of nitrogens with one attached hydrogen (secondary N) is 1.